The number of methoxy groups -OCH3 is 2. The molecule has 2 aromatic carbocycles. The van der Waals surface area contributed by atoms with E-state index in [0.717, 1.165) is 5.56 Å². The Balaban J connectivity index is 1.50. The van der Waals surface area contributed by atoms with Crippen molar-refractivity contribution in [3.63, 3.8) is 0 Å². The van der Waals surface area contributed by atoms with Crippen LogP contribution in [-0.4, -0.2) is 50.6 Å². The van der Waals surface area contributed by atoms with Crippen LogP contribution in [0.3, 0.4) is 0 Å². The van der Waals surface area contributed by atoms with E-state index in [1.807, 2.05) is 30.3 Å². The average Bonchev–Trinajstić information content (AvgIpc) is 2.81. The topological polar surface area (TPSA) is 67.9 Å². The number of amides is 2. The highest BCUT2D eigenvalue weighted by Crippen LogP contribution is 2.25. The first-order chi connectivity index (χ1) is 14.6. The lowest BCUT2D eigenvalue weighted by Gasteiger charge is -2.31. The molecule has 1 heterocycles. The van der Waals surface area contributed by atoms with Crippen LogP contribution in [0.25, 0.3) is 0 Å². The van der Waals surface area contributed by atoms with Gasteiger partial charge < -0.3 is 19.7 Å². The van der Waals surface area contributed by atoms with Crippen LogP contribution in [0, 0.1) is 17.8 Å². The average molecular weight is 406 g/mol. The van der Waals surface area contributed by atoms with Gasteiger partial charge in [0.05, 0.1) is 20.8 Å². The van der Waals surface area contributed by atoms with Gasteiger partial charge in [0.25, 0.3) is 5.91 Å². The van der Waals surface area contributed by atoms with Crippen molar-refractivity contribution in [1.82, 2.24) is 10.2 Å². The second-order valence-corrected chi connectivity index (χ2v) is 7.05. The molecule has 156 valence electrons. The SMILES string of the molecule is COc1cc(OC)cc(C(=O)N2CCC(C(=O)NCC#Cc3ccccc3)CC2)c1. The molecule has 0 spiro atoms. The predicted octanol–water partition coefficient (Wildman–Crippen LogP) is 2.72. The number of ether oxygens (including phenoxy) is 2. The summed E-state index contributed by atoms with van der Waals surface area (Å²) < 4.78 is 10.5. The van der Waals surface area contributed by atoms with E-state index >= 15 is 0 Å². The fraction of sp³-hybridized carbons (Fsp3) is 0.333. The third-order valence-electron chi connectivity index (χ3n) is 5.11. The molecule has 2 amide bonds. The Hall–Kier alpha value is -3.46. The zero-order chi connectivity index (χ0) is 21.3. The number of likely N-dealkylation sites (tertiary alicyclic amines) is 1. The lowest BCUT2D eigenvalue weighted by molar-refractivity contribution is -0.126. The van der Waals surface area contributed by atoms with Crippen LogP contribution in [0.15, 0.2) is 48.5 Å². The van der Waals surface area contributed by atoms with Crippen molar-refractivity contribution in [2.24, 2.45) is 5.92 Å². The summed E-state index contributed by atoms with van der Waals surface area (Å²) in [7, 11) is 3.11. The maximum atomic E-state index is 12.9. The largest absolute Gasteiger partial charge is 0.497 e. The smallest absolute Gasteiger partial charge is 0.254 e. The number of hydrogen-bond donors (Lipinski definition) is 1. The molecular weight excluding hydrogens is 380 g/mol. The fourth-order valence-electron chi connectivity index (χ4n) is 3.40. The standard InChI is InChI=1S/C24H26N2O4/c1-29-21-15-20(16-22(17-21)30-2)24(28)26-13-10-19(11-14-26)23(27)25-12-6-9-18-7-4-3-5-8-18/h3-5,7-8,15-17,19H,10-14H2,1-2H3,(H,25,27). The number of rotatable bonds is 5. The van der Waals surface area contributed by atoms with E-state index in [-0.39, 0.29) is 17.7 Å². The zero-order valence-electron chi connectivity index (χ0n) is 17.3. The van der Waals surface area contributed by atoms with E-state index in [2.05, 4.69) is 17.2 Å². The Morgan fingerprint density at radius 1 is 1.03 bits per heavy atom. The third kappa shape index (κ3) is 5.54. The summed E-state index contributed by atoms with van der Waals surface area (Å²) in [6.07, 6.45) is 1.26. The monoisotopic (exact) mass is 406 g/mol. The molecule has 0 bridgehead atoms. The van der Waals surface area contributed by atoms with Crippen LogP contribution >= 0.6 is 0 Å². The van der Waals surface area contributed by atoms with Gasteiger partial charge in [-0.3, -0.25) is 9.59 Å². The van der Waals surface area contributed by atoms with Crippen molar-refractivity contribution in [2.75, 3.05) is 33.9 Å². The van der Waals surface area contributed by atoms with Crippen LogP contribution in [0.1, 0.15) is 28.8 Å². The van der Waals surface area contributed by atoms with E-state index in [1.165, 1.54) is 0 Å². The molecule has 30 heavy (non-hydrogen) atoms. The van der Waals surface area contributed by atoms with Crippen molar-refractivity contribution in [1.29, 1.82) is 0 Å². The molecule has 1 aliphatic heterocycles. The Bertz CT molecular complexity index is 916. The molecule has 0 aliphatic carbocycles. The van der Waals surface area contributed by atoms with Gasteiger partial charge in [-0.1, -0.05) is 30.0 Å². The molecule has 1 saturated heterocycles. The van der Waals surface area contributed by atoms with Crippen molar-refractivity contribution >= 4 is 11.8 Å². The van der Waals surface area contributed by atoms with Gasteiger partial charge in [0.1, 0.15) is 11.5 Å². The summed E-state index contributed by atoms with van der Waals surface area (Å²) in [5.41, 5.74) is 1.44. The first-order valence-corrected chi connectivity index (χ1v) is 9.94. The summed E-state index contributed by atoms with van der Waals surface area (Å²) in [6.45, 7) is 1.38. The van der Waals surface area contributed by atoms with Crippen LogP contribution in [0.4, 0.5) is 0 Å². The summed E-state index contributed by atoms with van der Waals surface area (Å²) in [5, 5.41) is 2.88. The molecule has 1 fully saturated rings. The number of benzene rings is 2. The number of piperidine rings is 1. The molecule has 6 heteroatoms. The highest BCUT2D eigenvalue weighted by molar-refractivity contribution is 5.95. The van der Waals surface area contributed by atoms with Gasteiger partial charge in [-0.05, 0) is 37.1 Å². The number of nitrogens with zero attached hydrogens (tertiary/aromatic N) is 1. The number of carbonyl (C=O) groups excluding carboxylic acids is 2. The summed E-state index contributed by atoms with van der Waals surface area (Å²) in [5.74, 6) is 6.95. The molecule has 1 aliphatic rings. The number of carbonyl (C=O) groups is 2. The van der Waals surface area contributed by atoms with Gasteiger partial charge in [0, 0.05) is 36.2 Å². The summed E-state index contributed by atoms with van der Waals surface area (Å²) in [6, 6.07) is 14.8. The minimum Gasteiger partial charge on any atom is -0.497 e. The van der Waals surface area contributed by atoms with E-state index < -0.39 is 0 Å². The molecule has 0 aromatic heterocycles. The molecule has 0 radical (unpaired) electrons. The van der Waals surface area contributed by atoms with Crippen LogP contribution < -0.4 is 14.8 Å². The Morgan fingerprint density at radius 3 is 2.27 bits per heavy atom. The van der Waals surface area contributed by atoms with Gasteiger partial charge in [-0.2, -0.15) is 0 Å². The van der Waals surface area contributed by atoms with Crippen LogP contribution in [0.2, 0.25) is 0 Å². The third-order valence-corrected chi connectivity index (χ3v) is 5.11. The molecule has 6 nitrogen and oxygen atoms in total. The lowest BCUT2D eigenvalue weighted by atomic mass is 9.95. The van der Waals surface area contributed by atoms with E-state index in [0.29, 0.717) is 49.5 Å². The van der Waals surface area contributed by atoms with Gasteiger partial charge in [0.15, 0.2) is 0 Å². The maximum Gasteiger partial charge on any atom is 0.254 e. The number of hydrogen-bond acceptors (Lipinski definition) is 4. The quantitative estimate of drug-likeness (QED) is 0.776. The van der Waals surface area contributed by atoms with E-state index in [4.69, 9.17) is 9.47 Å². The first-order valence-electron chi connectivity index (χ1n) is 9.94. The molecule has 0 atom stereocenters. The molecule has 0 saturated carbocycles. The summed E-state index contributed by atoms with van der Waals surface area (Å²) >= 11 is 0. The lowest BCUT2D eigenvalue weighted by Crippen LogP contribution is -2.43. The Labute approximate surface area is 177 Å². The predicted molar refractivity (Wildman–Crippen MR) is 115 cm³/mol. The fourth-order valence-corrected chi connectivity index (χ4v) is 3.40. The molecule has 1 N–H and O–H groups in total. The zero-order valence-corrected chi connectivity index (χ0v) is 17.3. The highest BCUT2D eigenvalue weighted by atomic mass is 16.5. The van der Waals surface area contributed by atoms with Gasteiger partial charge in [0.2, 0.25) is 5.91 Å². The minimum absolute atomic E-state index is 0.00693. The maximum absolute atomic E-state index is 12.9. The second-order valence-electron chi connectivity index (χ2n) is 7.05. The van der Waals surface area contributed by atoms with Crippen molar-refractivity contribution in [2.45, 2.75) is 12.8 Å². The van der Waals surface area contributed by atoms with E-state index in [1.54, 1.807) is 37.3 Å². The normalized spacial score (nSPS) is 13.7. The Morgan fingerprint density at radius 2 is 1.67 bits per heavy atom. The molecule has 3 rings (SSSR count). The first kappa shape index (κ1) is 21.3. The van der Waals surface area contributed by atoms with Crippen molar-refractivity contribution < 1.29 is 19.1 Å². The second kappa shape index (κ2) is 10.4. The Kier molecular flexibility index (Phi) is 7.34. The molecular formula is C24H26N2O4. The van der Waals surface area contributed by atoms with Crippen LogP contribution in [-0.2, 0) is 4.79 Å². The minimum atomic E-state index is -0.104. The van der Waals surface area contributed by atoms with Crippen molar-refractivity contribution in [3.05, 3.63) is 59.7 Å². The van der Waals surface area contributed by atoms with E-state index in [9.17, 15) is 9.59 Å². The highest BCUT2D eigenvalue weighted by Gasteiger charge is 2.28. The molecule has 2 aromatic rings. The molecule has 0 unspecified atom stereocenters. The summed E-state index contributed by atoms with van der Waals surface area (Å²) in [4.78, 5) is 27.0. The number of nitrogens with one attached hydrogen (secondary N) is 1. The van der Waals surface area contributed by atoms with Gasteiger partial charge in [-0.25, -0.2) is 0 Å². The van der Waals surface area contributed by atoms with Crippen molar-refractivity contribution in [3.8, 4) is 23.3 Å². The van der Waals surface area contributed by atoms with Gasteiger partial charge in [-0.15, -0.1) is 0 Å². The van der Waals surface area contributed by atoms with Crippen LogP contribution in [0.5, 0.6) is 11.5 Å². The van der Waals surface area contributed by atoms with Gasteiger partial charge >= 0.3 is 0 Å².